The number of amides is 1. The van der Waals surface area contributed by atoms with Gasteiger partial charge in [-0.2, -0.15) is 0 Å². The third-order valence-corrected chi connectivity index (χ3v) is 4.19. The van der Waals surface area contributed by atoms with Crippen LogP contribution in [0.1, 0.15) is 0 Å². The Morgan fingerprint density at radius 2 is 2.10 bits per heavy atom. The summed E-state index contributed by atoms with van der Waals surface area (Å²) >= 11 is 10.7. The molecule has 0 aromatic heterocycles. The molecule has 6 heteroatoms. The van der Waals surface area contributed by atoms with Gasteiger partial charge in [-0.25, -0.2) is 0 Å². The lowest BCUT2D eigenvalue weighted by molar-refractivity contribution is -0.113. The Morgan fingerprint density at radius 1 is 1.30 bits per heavy atom. The molecule has 2 aromatic rings. The molecule has 0 saturated heterocycles. The molecule has 0 saturated carbocycles. The van der Waals surface area contributed by atoms with Gasteiger partial charge in [-0.3, -0.25) is 4.79 Å². The van der Waals surface area contributed by atoms with Crippen LogP contribution in [0.5, 0.6) is 5.75 Å². The number of hydrogen-bond donors (Lipinski definition) is 2. The minimum Gasteiger partial charge on any atom is -0.508 e. The van der Waals surface area contributed by atoms with Crippen molar-refractivity contribution < 1.29 is 9.90 Å². The van der Waals surface area contributed by atoms with E-state index in [1.165, 1.54) is 11.8 Å². The molecule has 2 rings (SSSR count). The molecule has 2 N–H and O–H groups in total. The van der Waals surface area contributed by atoms with Gasteiger partial charge in [-0.15, -0.1) is 11.8 Å². The van der Waals surface area contributed by atoms with E-state index in [2.05, 4.69) is 21.2 Å². The van der Waals surface area contributed by atoms with E-state index >= 15 is 0 Å². The number of thioether (sulfide) groups is 1. The summed E-state index contributed by atoms with van der Waals surface area (Å²) in [5, 5.41) is 12.6. The number of aromatic hydroxyl groups is 1. The van der Waals surface area contributed by atoms with Crippen LogP contribution in [0.2, 0.25) is 5.02 Å². The molecule has 0 aliphatic carbocycles. The average Bonchev–Trinajstić information content (AvgIpc) is 2.40. The fourth-order valence-electron chi connectivity index (χ4n) is 1.50. The second-order valence-electron chi connectivity index (χ2n) is 3.96. The van der Waals surface area contributed by atoms with Crippen molar-refractivity contribution in [1.29, 1.82) is 0 Å². The number of benzene rings is 2. The van der Waals surface area contributed by atoms with Gasteiger partial charge in [0.25, 0.3) is 0 Å². The van der Waals surface area contributed by atoms with Gasteiger partial charge in [0.2, 0.25) is 5.91 Å². The van der Waals surface area contributed by atoms with E-state index in [9.17, 15) is 9.90 Å². The maximum Gasteiger partial charge on any atom is 0.234 e. The topological polar surface area (TPSA) is 49.3 Å². The highest BCUT2D eigenvalue weighted by atomic mass is 79.9. The molecular formula is C14H11BrClNO2S. The van der Waals surface area contributed by atoms with Gasteiger partial charge in [0.15, 0.2) is 0 Å². The Labute approximate surface area is 134 Å². The highest BCUT2D eigenvalue weighted by Gasteiger charge is 2.07. The molecule has 0 aliphatic heterocycles. The van der Waals surface area contributed by atoms with Crippen molar-refractivity contribution >= 4 is 50.9 Å². The van der Waals surface area contributed by atoms with E-state index in [1.807, 2.05) is 12.1 Å². The molecule has 20 heavy (non-hydrogen) atoms. The van der Waals surface area contributed by atoms with Crippen LogP contribution in [0.3, 0.4) is 0 Å². The lowest BCUT2D eigenvalue weighted by atomic mass is 10.3. The molecule has 0 aliphatic rings. The van der Waals surface area contributed by atoms with Gasteiger partial charge in [0.1, 0.15) is 5.75 Å². The SMILES string of the molecule is O=C(CSc1cccc(O)c1)Nc1ccc(Br)cc1Cl. The quantitative estimate of drug-likeness (QED) is 0.775. The van der Waals surface area contributed by atoms with Crippen molar-refractivity contribution in [2.75, 3.05) is 11.1 Å². The van der Waals surface area contributed by atoms with Crippen LogP contribution in [0, 0.1) is 0 Å². The molecule has 0 radical (unpaired) electrons. The number of carbonyl (C=O) groups excluding carboxylic acids is 1. The van der Waals surface area contributed by atoms with Gasteiger partial charge in [0, 0.05) is 9.37 Å². The van der Waals surface area contributed by atoms with E-state index in [0.29, 0.717) is 10.7 Å². The highest BCUT2D eigenvalue weighted by Crippen LogP contribution is 2.26. The maximum atomic E-state index is 11.8. The standard InChI is InChI=1S/C14H11BrClNO2S/c15-9-4-5-13(12(16)6-9)17-14(19)8-20-11-3-1-2-10(18)7-11/h1-7,18H,8H2,(H,17,19). The zero-order valence-electron chi connectivity index (χ0n) is 10.3. The second-order valence-corrected chi connectivity index (χ2v) is 6.33. The monoisotopic (exact) mass is 371 g/mol. The fraction of sp³-hybridized carbons (Fsp3) is 0.0714. The molecular weight excluding hydrogens is 362 g/mol. The van der Waals surface area contributed by atoms with E-state index in [-0.39, 0.29) is 17.4 Å². The molecule has 2 aromatic carbocycles. The van der Waals surface area contributed by atoms with Crippen molar-refractivity contribution in [2.45, 2.75) is 4.90 Å². The lowest BCUT2D eigenvalue weighted by Crippen LogP contribution is -2.14. The Bertz CT molecular complexity index is 636. The third kappa shape index (κ3) is 4.44. The fourth-order valence-corrected chi connectivity index (χ4v) is 2.97. The Balaban J connectivity index is 1.92. The number of halogens is 2. The Hall–Kier alpha value is -1.17. The summed E-state index contributed by atoms with van der Waals surface area (Å²) in [5.74, 6) is 0.282. The zero-order chi connectivity index (χ0) is 14.5. The van der Waals surface area contributed by atoms with Crippen LogP contribution in [0.15, 0.2) is 51.8 Å². The number of phenolic OH excluding ortho intramolecular Hbond substituents is 1. The highest BCUT2D eigenvalue weighted by molar-refractivity contribution is 9.10. The summed E-state index contributed by atoms with van der Waals surface area (Å²) in [4.78, 5) is 12.7. The largest absolute Gasteiger partial charge is 0.508 e. The van der Waals surface area contributed by atoms with Crippen molar-refractivity contribution in [3.8, 4) is 5.75 Å². The van der Waals surface area contributed by atoms with E-state index in [0.717, 1.165) is 9.37 Å². The molecule has 0 atom stereocenters. The number of carbonyl (C=O) groups is 1. The first-order valence-electron chi connectivity index (χ1n) is 5.71. The maximum absolute atomic E-state index is 11.8. The van der Waals surface area contributed by atoms with E-state index in [1.54, 1.807) is 30.3 Å². The van der Waals surface area contributed by atoms with Gasteiger partial charge < -0.3 is 10.4 Å². The lowest BCUT2D eigenvalue weighted by Gasteiger charge is -2.07. The van der Waals surface area contributed by atoms with Crippen LogP contribution < -0.4 is 5.32 Å². The molecule has 0 fully saturated rings. The first-order valence-corrected chi connectivity index (χ1v) is 7.87. The smallest absolute Gasteiger partial charge is 0.234 e. The molecule has 104 valence electrons. The number of hydrogen-bond acceptors (Lipinski definition) is 3. The van der Waals surface area contributed by atoms with E-state index < -0.39 is 0 Å². The molecule has 1 amide bonds. The predicted molar refractivity (Wildman–Crippen MR) is 86.6 cm³/mol. The van der Waals surface area contributed by atoms with Crippen LogP contribution in [0.25, 0.3) is 0 Å². The van der Waals surface area contributed by atoms with Gasteiger partial charge in [-0.1, -0.05) is 33.6 Å². The molecule has 0 bridgehead atoms. The summed E-state index contributed by atoms with van der Waals surface area (Å²) in [6.45, 7) is 0. The van der Waals surface area contributed by atoms with Crippen LogP contribution in [0.4, 0.5) is 5.69 Å². The second kappa shape index (κ2) is 7.02. The first-order chi connectivity index (χ1) is 9.54. The van der Waals surface area contributed by atoms with Crippen LogP contribution in [-0.4, -0.2) is 16.8 Å². The van der Waals surface area contributed by atoms with Gasteiger partial charge in [-0.05, 0) is 36.4 Å². The van der Waals surface area contributed by atoms with E-state index in [4.69, 9.17) is 11.6 Å². The average molecular weight is 373 g/mol. The normalized spacial score (nSPS) is 10.3. The van der Waals surface area contributed by atoms with Crippen LogP contribution in [-0.2, 0) is 4.79 Å². The van der Waals surface area contributed by atoms with Gasteiger partial charge in [0.05, 0.1) is 16.5 Å². The molecule has 0 spiro atoms. The number of nitrogens with one attached hydrogen (secondary N) is 1. The van der Waals surface area contributed by atoms with Crippen molar-refractivity contribution in [2.24, 2.45) is 0 Å². The summed E-state index contributed by atoms with van der Waals surface area (Å²) in [7, 11) is 0. The first kappa shape index (κ1) is 15.2. The van der Waals surface area contributed by atoms with Crippen molar-refractivity contribution in [3.63, 3.8) is 0 Å². The Kier molecular flexibility index (Phi) is 5.34. The zero-order valence-corrected chi connectivity index (χ0v) is 13.4. The number of phenols is 1. The Morgan fingerprint density at radius 3 is 2.80 bits per heavy atom. The molecule has 0 unspecified atom stereocenters. The molecule has 0 heterocycles. The minimum absolute atomic E-state index is 0.150. The number of anilines is 1. The summed E-state index contributed by atoms with van der Waals surface area (Å²) < 4.78 is 0.856. The summed E-state index contributed by atoms with van der Waals surface area (Å²) in [6, 6.07) is 12.1. The van der Waals surface area contributed by atoms with Crippen LogP contribution >= 0.6 is 39.3 Å². The van der Waals surface area contributed by atoms with Crippen molar-refractivity contribution in [3.05, 3.63) is 52.0 Å². The third-order valence-electron chi connectivity index (χ3n) is 2.39. The predicted octanol–water partition coefficient (Wildman–Crippen LogP) is 4.54. The van der Waals surface area contributed by atoms with Gasteiger partial charge >= 0.3 is 0 Å². The van der Waals surface area contributed by atoms with Crippen molar-refractivity contribution in [1.82, 2.24) is 0 Å². The molecule has 3 nitrogen and oxygen atoms in total. The summed E-state index contributed by atoms with van der Waals surface area (Å²) in [6.07, 6.45) is 0. The number of rotatable bonds is 4. The summed E-state index contributed by atoms with van der Waals surface area (Å²) in [5.41, 5.74) is 0.580. The minimum atomic E-state index is -0.150.